The maximum absolute atomic E-state index is 11.2. The lowest BCUT2D eigenvalue weighted by atomic mass is 9.94. The monoisotopic (exact) mass is 221 g/mol. The van der Waals surface area contributed by atoms with Gasteiger partial charge in [-0.2, -0.15) is 0 Å². The predicted molar refractivity (Wildman–Crippen MR) is 60.4 cm³/mol. The first-order valence-electron chi connectivity index (χ1n) is 5.20. The Morgan fingerprint density at radius 3 is 2.81 bits per heavy atom. The van der Waals surface area contributed by atoms with E-state index in [2.05, 4.69) is 9.88 Å². The Hall–Kier alpha value is -1.62. The van der Waals surface area contributed by atoms with E-state index >= 15 is 0 Å². The van der Waals surface area contributed by atoms with E-state index in [9.17, 15) is 4.79 Å². The van der Waals surface area contributed by atoms with Crippen LogP contribution in [0.3, 0.4) is 0 Å². The number of nitrogens with two attached hydrogens (primary N) is 1. The first-order chi connectivity index (χ1) is 7.50. The Labute approximate surface area is 93.9 Å². The third kappa shape index (κ3) is 1.63. The molecule has 0 unspecified atom stereocenters. The van der Waals surface area contributed by atoms with Crippen LogP contribution in [-0.2, 0) is 13.0 Å². The first-order valence-corrected chi connectivity index (χ1v) is 5.20. The minimum absolute atomic E-state index is 0.133. The molecule has 1 aliphatic heterocycles. The van der Waals surface area contributed by atoms with Gasteiger partial charge in [0.2, 0.25) is 0 Å². The second-order valence-corrected chi connectivity index (χ2v) is 4.21. The van der Waals surface area contributed by atoms with Crippen LogP contribution in [0.5, 0.6) is 0 Å². The molecule has 0 atom stereocenters. The number of aromatic carboxylic acids is 1. The van der Waals surface area contributed by atoms with Crippen LogP contribution in [0.4, 0.5) is 5.82 Å². The van der Waals surface area contributed by atoms with Crippen LogP contribution in [-0.4, -0.2) is 34.6 Å². The second kappa shape index (κ2) is 3.75. The molecule has 2 rings (SSSR count). The van der Waals surface area contributed by atoms with Gasteiger partial charge in [-0.15, -0.1) is 0 Å². The van der Waals surface area contributed by atoms with Crippen molar-refractivity contribution in [1.29, 1.82) is 0 Å². The van der Waals surface area contributed by atoms with Crippen LogP contribution >= 0.6 is 0 Å². The number of carboxylic acids is 1. The van der Waals surface area contributed by atoms with E-state index in [0.717, 1.165) is 36.3 Å². The lowest BCUT2D eigenvalue weighted by Gasteiger charge is -2.27. The molecule has 2 heterocycles. The Bertz CT molecular complexity index is 457. The van der Waals surface area contributed by atoms with Crippen molar-refractivity contribution in [2.45, 2.75) is 19.9 Å². The normalized spacial score (nSPS) is 15.9. The number of rotatable bonds is 1. The molecule has 5 heteroatoms. The number of fused-ring (bicyclic) bond motifs is 1. The molecule has 1 aliphatic rings. The zero-order valence-electron chi connectivity index (χ0n) is 9.45. The van der Waals surface area contributed by atoms with Crippen LogP contribution < -0.4 is 5.73 Å². The summed E-state index contributed by atoms with van der Waals surface area (Å²) in [5.74, 6) is -0.848. The minimum Gasteiger partial charge on any atom is -0.478 e. The number of aromatic nitrogens is 1. The van der Waals surface area contributed by atoms with Crippen molar-refractivity contribution >= 4 is 11.8 Å². The molecule has 0 saturated heterocycles. The number of nitrogens with zero attached hydrogens (tertiary/aromatic N) is 2. The molecule has 0 fully saturated rings. The third-order valence-electron chi connectivity index (χ3n) is 3.03. The fourth-order valence-electron chi connectivity index (χ4n) is 2.20. The van der Waals surface area contributed by atoms with Crippen molar-refractivity contribution in [2.24, 2.45) is 0 Å². The van der Waals surface area contributed by atoms with Crippen LogP contribution in [0.1, 0.15) is 27.2 Å². The second-order valence-electron chi connectivity index (χ2n) is 4.21. The highest BCUT2D eigenvalue weighted by atomic mass is 16.4. The van der Waals surface area contributed by atoms with Gasteiger partial charge in [-0.05, 0) is 31.5 Å². The van der Waals surface area contributed by atoms with Crippen LogP contribution in [0.15, 0.2) is 0 Å². The summed E-state index contributed by atoms with van der Waals surface area (Å²) in [5, 5.41) is 9.14. The molecule has 0 aliphatic carbocycles. The SMILES string of the molecule is Cc1nc(N)c(C(=O)O)c2c1CN(C)CC2. The van der Waals surface area contributed by atoms with E-state index in [1.807, 2.05) is 14.0 Å². The van der Waals surface area contributed by atoms with Gasteiger partial charge in [-0.1, -0.05) is 0 Å². The van der Waals surface area contributed by atoms with Gasteiger partial charge in [0.25, 0.3) is 0 Å². The zero-order valence-corrected chi connectivity index (χ0v) is 9.45. The Balaban J connectivity index is 2.64. The van der Waals surface area contributed by atoms with Gasteiger partial charge in [0, 0.05) is 18.8 Å². The average Bonchev–Trinajstić information content (AvgIpc) is 2.18. The van der Waals surface area contributed by atoms with Crippen molar-refractivity contribution in [3.05, 3.63) is 22.4 Å². The Morgan fingerprint density at radius 1 is 1.50 bits per heavy atom. The number of carboxylic acid groups (broad SMARTS) is 1. The molecule has 0 amide bonds. The molecule has 0 radical (unpaired) electrons. The summed E-state index contributed by atoms with van der Waals surface area (Å²) in [5.41, 5.74) is 8.57. The fourth-order valence-corrected chi connectivity index (χ4v) is 2.20. The molecule has 1 aromatic heterocycles. The molecule has 0 saturated carbocycles. The highest BCUT2D eigenvalue weighted by Crippen LogP contribution is 2.27. The van der Waals surface area contributed by atoms with Gasteiger partial charge < -0.3 is 15.7 Å². The molecule has 5 nitrogen and oxygen atoms in total. The summed E-state index contributed by atoms with van der Waals surface area (Å²) in [6.07, 6.45) is 0.723. The quantitative estimate of drug-likeness (QED) is 0.728. The van der Waals surface area contributed by atoms with Crippen molar-refractivity contribution in [3.63, 3.8) is 0 Å². The highest BCUT2D eigenvalue weighted by molar-refractivity contribution is 5.95. The minimum atomic E-state index is -0.981. The average molecular weight is 221 g/mol. The summed E-state index contributed by atoms with van der Waals surface area (Å²) in [6.45, 7) is 3.48. The van der Waals surface area contributed by atoms with Crippen molar-refractivity contribution < 1.29 is 9.90 Å². The molecule has 0 spiro atoms. The number of hydrogen-bond donors (Lipinski definition) is 2. The number of nitrogen functional groups attached to an aromatic ring is 1. The van der Waals surface area contributed by atoms with Crippen LogP contribution in [0.25, 0.3) is 0 Å². The van der Waals surface area contributed by atoms with Gasteiger partial charge >= 0.3 is 5.97 Å². The van der Waals surface area contributed by atoms with Crippen LogP contribution in [0.2, 0.25) is 0 Å². The van der Waals surface area contributed by atoms with Gasteiger partial charge in [-0.25, -0.2) is 9.78 Å². The molecular weight excluding hydrogens is 206 g/mol. The van der Waals surface area contributed by atoms with Gasteiger partial charge in [0.15, 0.2) is 0 Å². The zero-order chi connectivity index (χ0) is 11.9. The molecule has 3 N–H and O–H groups in total. The lowest BCUT2D eigenvalue weighted by Crippen LogP contribution is -2.29. The number of anilines is 1. The summed E-state index contributed by atoms with van der Waals surface area (Å²) in [6, 6.07) is 0. The Morgan fingerprint density at radius 2 is 2.19 bits per heavy atom. The lowest BCUT2D eigenvalue weighted by molar-refractivity contribution is 0.0695. The Kier molecular flexibility index (Phi) is 2.55. The number of pyridine rings is 1. The van der Waals surface area contributed by atoms with E-state index in [1.165, 1.54) is 0 Å². The summed E-state index contributed by atoms with van der Waals surface area (Å²) >= 11 is 0. The van der Waals surface area contributed by atoms with E-state index in [4.69, 9.17) is 10.8 Å². The van der Waals surface area contributed by atoms with Crippen LogP contribution in [0, 0.1) is 6.92 Å². The van der Waals surface area contributed by atoms with Crippen molar-refractivity contribution in [2.75, 3.05) is 19.3 Å². The standard InChI is InChI=1S/C11H15N3O2/c1-6-8-5-14(2)4-3-7(8)9(11(15)16)10(12)13-6/h3-5H2,1-2H3,(H2,12,13)(H,15,16). The third-order valence-corrected chi connectivity index (χ3v) is 3.03. The first kappa shape index (κ1) is 10.9. The summed E-state index contributed by atoms with van der Waals surface area (Å²) in [4.78, 5) is 17.4. The molecule has 0 bridgehead atoms. The predicted octanol–water partition coefficient (Wildman–Crippen LogP) is 0.658. The highest BCUT2D eigenvalue weighted by Gasteiger charge is 2.24. The maximum atomic E-state index is 11.2. The van der Waals surface area contributed by atoms with Crippen molar-refractivity contribution in [3.8, 4) is 0 Å². The fraction of sp³-hybridized carbons (Fsp3) is 0.455. The van der Waals surface area contributed by atoms with Gasteiger partial charge in [0.1, 0.15) is 11.4 Å². The van der Waals surface area contributed by atoms with Gasteiger partial charge in [0.05, 0.1) is 0 Å². The molecule has 16 heavy (non-hydrogen) atoms. The van der Waals surface area contributed by atoms with E-state index in [0.29, 0.717) is 0 Å². The number of carbonyl (C=O) groups is 1. The van der Waals surface area contributed by atoms with E-state index in [1.54, 1.807) is 0 Å². The summed E-state index contributed by atoms with van der Waals surface area (Å²) in [7, 11) is 2.01. The molecule has 1 aromatic rings. The summed E-state index contributed by atoms with van der Waals surface area (Å²) < 4.78 is 0. The largest absolute Gasteiger partial charge is 0.478 e. The molecule has 86 valence electrons. The maximum Gasteiger partial charge on any atom is 0.339 e. The number of hydrogen-bond acceptors (Lipinski definition) is 4. The molecule has 0 aromatic carbocycles. The van der Waals surface area contributed by atoms with Gasteiger partial charge in [-0.3, -0.25) is 0 Å². The number of aryl methyl sites for hydroxylation is 1. The topological polar surface area (TPSA) is 79.4 Å². The smallest absolute Gasteiger partial charge is 0.339 e. The number of likely N-dealkylation sites (N-methyl/N-ethyl adjacent to an activating group) is 1. The van der Waals surface area contributed by atoms with E-state index in [-0.39, 0.29) is 11.4 Å². The molecular formula is C11H15N3O2. The van der Waals surface area contributed by atoms with E-state index < -0.39 is 5.97 Å². The van der Waals surface area contributed by atoms with Crippen molar-refractivity contribution in [1.82, 2.24) is 9.88 Å².